The molecule has 0 fully saturated rings. The molecule has 0 aliphatic heterocycles. The lowest BCUT2D eigenvalue weighted by molar-refractivity contribution is -0.0883. The van der Waals surface area contributed by atoms with E-state index in [1.165, 1.54) is 25.3 Å². The van der Waals surface area contributed by atoms with Crippen LogP contribution in [0.25, 0.3) is 0 Å². The van der Waals surface area contributed by atoms with Crippen LogP contribution in [-0.4, -0.2) is 17.4 Å². The highest BCUT2D eigenvalue weighted by Gasteiger charge is 2.30. The Balaban J connectivity index is 2.69. The molecule has 0 spiro atoms. The van der Waals surface area contributed by atoms with E-state index < -0.39 is 11.7 Å². The molecule has 0 saturated carbocycles. The van der Waals surface area contributed by atoms with E-state index in [0.717, 1.165) is 18.2 Å². The molecule has 1 rings (SSSR count). The lowest BCUT2D eigenvalue weighted by Gasteiger charge is -2.07. The highest BCUT2D eigenvalue weighted by atomic mass is 19.4. The number of carbonyl (C=O) groups excluding carboxylic acids is 1. The number of halogens is 3. The van der Waals surface area contributed by atoms with Crippen LogP contribution >= 0.6 is 0 Å². The molecular weight excluding hydrogens is 271 g/mol. The molecule has 0 aliphatic carbocycles. The standard InChI is InChI=1S/C14H12F3NO2/c1-3-12(14(15,16)17)6-4-10(2)20-13-7-5-11(9-19)8-18-13/h3-9H,2H2,1H3/b6-4-,12-3+. The Morgan fingerprint density at radius 2 is 2.05 bits per heavy atom. The van der Waals surface area contributed by atoms with Gasteiger partial charge in [0, 0.05) is 17.8 Å². The van der Waals surface area contributed by atoms with Crippen molar-refractivity contribution < 1.29 is 22.7 Å². The van der Waals surface area contributed by atoms with Crippen molar-refractivity contribution in [2.75, 3.05) is 0 Å². The lowest BCUT2D eigenvalue weighted by atomic mass is 10.2. The van der Waals surface area contributed by atoms with Crippen molar-refractivity contribution in [2.45, 2.75) is 13.1 Å². The molecule has 20 heavy (non-hydrogen) atoms. The molecule has 106 valence electrons. The lowest BCUT2D eigenvalue weighted by Crippen LogP contribution is -2.09. The fraction of sp³-hybridized carbons (Fsp3) is 0.143. The summed E-state index contributed by atoms with van der Waals surface area (Å²) in [6, 6.07) is 2.89. The fourth-order valence-electron chi connectivity index (χ4n) is 1.23. The third-order valence-electron chi connectivity index (χ3n) is 2.22. The number of hydrogen-bond acceptors (Lipinski definition) is 3. The molecule has 0 radical (unpaired) electrons. The molecule has 1 aromatic rings. The zero-order valence-electron chi connectivity index (χ0n) is 10.6. The minimum Gasteiger partial charge on any atom is -0.440 e. The summed E-state index contributed by atoms with van der Waals surface area (Å²) in [5.41, 5.74) is -0.432. The smallest absolute Gasteiger partial charge is 0.416 e. The van der Waals surface area contributed by atoms with Crippen molar-refractivity contribution in [1.29, 1.82) is 0 Å². The van der Waals surface area contributed by atoms with E-state index >= 15 is 0 Å². The number of carbonyl (C=O) groups is 1. The SMILES string of the molecule is C=C(/C=C\C(=C/C)C(F)(F)F)Oc1ccc(C=O)cn1. The zero-order chi connectivity index (χ0) is 15.2. The number of aromatic nitrogens is 1. The van der Waals surface area contributed by atoms with E-state index in [9.17, 15) is 18.0 Å². The Morgan fingerprint density at radius 3 is 2.50 bits per heavy atom. The Morgan fingerprint density at radius 1 is 1.35 bits per heavy atom. The Bertz CT molecular complexity index is 543. The molecule has 0 saturated heterocycles. The number of allylic oxidation sites excluding steroid dienone is 4. The van der Waals surface area contributed by atoms with Crippen molar-refractivity contribution >= 4 is 6.29 Å². The van der Waals surface area contributed by atoms with Gasteiger partial charge in [-0.25, -0.2) is 4.98 Å². The molecule has 1 heterocycles. The molecule has 0 unspecified atom stereocenters. The molecule has 0 amide bonds. The molecule has 0 aromatic carbocycles. The topological polar surface area (TPSA) is 39.2 Å². The third kappa shape index (κ3) is 4.72. The molecule has 0 atom stereocenters. The van der Waals surface area contributed by atoms with E-state index in [4.69, 9.17) is 4.74 Å². The molecule has 1 aromatic heterocycles. The highest BCUT2D eigenvalue weighted by molar-refractivity contribution is 5.74. The average Bonchev–Trinajstić information content (AvgIpc) is 2.38. The van der Waals surface area contributed by atoms with Gasteiger partial charge in [-0.3, -0.25) is 4.79 Å². The van der Waals surface area contributed by atoms with Crippen molar-refractivity contribution in [2.24, 2.45) is 0 Å². The summed E-state index contributed by atoms with van der Waals surface area (Å²) >= 11 is 0. The number of ether oxygens (including phenoxy) is 1. The monoisotopic (exact) mass is 283 g/mol. The average molecular weight is 283 g/mol. The first kappa shape index (κ1) is 15.7. The summed E-state index contributed by atoms with van der Waals surface area (Å²) in [7, 11) is 0. The normalized spacial score (nSPS) is 12.5. The molecule has 0 N–H and O–H groups in total. The number of pyridine rings is 1. The van der Waals surface area contributed by atoms with Gasteiger partial charge in [-0.15, -0.1) is 0 Å². The fourth-order valence-corrected chi connectivity index (χ4v) is 1.23. The van der Waals surface area contributed by atoms with Gasteiger partial charge >= 0.3 is 6.18 Å². The second-order valence-electron chi connectivity index (χ2n) is 3.69. The van der Waals surface area contributed by atoms with Crippen LogP contribution in [0.5, 0.6) is 5.88 Å². The number of hydrogen-bond donors (Lipinski definition) is 0. The Kier molecular flexibility index (Phi) is 5.25. The molecule has 6 heteroatoms. The van der Waals surface area contributed by atoms with E-state index in [1.807, 2.05) is 0 Å². The van der Waals surface area contributed by atoms with E-state index in [1.54, 1.807) is 0 Å². The summed E-state index contributed by atoms with van der Waals surface area (Å²) in [4.78, 5) is 14.2. The minimum atomic E-state index is -4.42. The minimum absolute atomic E-state index is 0.0000435. The highest BCUT2D eigenvalue weighted by Crippen LogP contribution is 2.26. The van der Waals surface area contributed by atoms with Gasteiger partial charge in [-0.05, 0) is 25.1 Å². The van der Waals surface area contributed by atoms with Crippen LogP contribution < -0.4 is 4.74 Å². The maximum Gasteiger partial charge on any atom is 0.416 e. The van der Waals surface area contributed by atoms with Gasteiger partial charge in [-0.1, -0.05) is 12.7 Å². The van der Waals surface area contributed by atoms with Crippen LogP contribution in [0.4, 0.5) is 13.2 Å². The van der Waals surface area contributed by atoms with Crippen molar-refractivity contribution in [3.8, 4) is 5.88 Å². The van der Waals surface area contributed by atoms with Crippen molar-refractivity contribution in [3.05, 3.63) is 60.0 Å². The van der Waals surface area contributed by atoms with Crippen LogP contribution in [-0.2, 0) is 0 Å². The first-order valence-corrected chi connectivity index (χ1v) is 5.56. The second kappa shape index (κ2) is 6.70. The maximum atomic E-state index is 12.4. The largest absolute Gasteiger partial charge is 0.440 e. The number of alkyl halides is 3. The van der Waals surface area contributed by atoms with Crippen LogP contribution in [0.3, 0.4) is 0 Å². The van der Waals surface area contributed by atoms with Crippen LogP contribution in [0, 0.1) is 0 Å². The van der Waals surface area contributed by atoms with E-state index in [0.29, 0.717) is 11.8 Å². The quantitative estimate of drug-likeness (QED) is 0.468. The summed E-state index contributed by atoms with van der Waals surface area (Å²) in [5.74, 6) is 0.138. The van der Waals surface area contributed by atoms with Crippen LogP contribution in [0.15, 0.2) is 54.5 Å². The van der Waals surface area contributed by atoms with Gasteiger partial charge in [0.2, 0.25) is 5.88 Å². The molecule has 3 nitrogen and oxygen atoms in total. The van der Waals surface area contributed by atoms with E-state index in [-0.39, 0.29) is 11.6 Å². The molecule has 0 aliphatic rings. The van der Waals surface area contributed by atoms with Crippen LogP contribution in [0.2, 0.25) is 0 Å². The van der Waals surface area contributed by atoms with Gasteiger partial charge < -0.3 is 4.74 Å². The number of rotatable bonds is 5. The van der Waals surface area contributed by atoms with Crippen LogP contribution in [0.1, 0.15) is 17.3 Å². The van der Waals surface area contributed by atoms with E-state index in [2.05, 4.69) is 11.6 Å². The van der Waals surface area contributed by atoms with Gasteiger partial charge in [0.05, 0.1) is 5.57 Å². The maximum absolute atomic E-state index is 12.4. The van der Waals surface area contributed by atoms with Gasteiger partial charge in [0.1, 0.15) is 5.76 Å². The van der Waals surface area contributed by atoms with Gasteiger partial charge in [0.15, 0.2) is 6.29 Å². The predicted octanol–water partition coefficient (Wildman–Crippen LogP) is 3.85. The van der Waals surface area contributed by atoms with Gasteiger partial charge in [0.25, 0.3) is 0 Å². The number of aldehydes is 1. The third-order valence-corrected chi connectivity index (χ3v) is 2.22. The second-order valence-corrected chi connectivity index (χ2v) is 3.69. The zero-order valence-corrected chi connectivity index (χ0v) is 10.6. The first-order valence-electron chi connectivity index (χ1n) is 5.56. The first-order chi connectivity index (χ1) is 9.36. The van der Waals surface area contributed by atoms with Crippen molar-refractivity contribution in [3.63, 3.8) is 0 Å². The van der Waals surface area contributed by atoms with Gasteiger partial charge in [-0.2, -0.15) is 13.2 Å². The van der Waals surface area contributed by atoms with Crippen molar-refractivity contribution in [1.82, 2.24) is 4.98 Å². The molecule has 0 bridgehead atoms. The molecular formula is C14H12F3NO2. The number of nitrogens with zero attached hydrogens (tertiary/aromatic N) is 1. The summed E-state index contributed by atoms with van der Waals surface area (Å²) in [6.45, 7) is 4.76. The summed E-state index contributed by atoms with van der Waals surface area (Å²) in [6.07, 6.45) is 0.385. The Labute approximate surface area is 114 Å². The summed E-state index contributed by atoms with van der Waals surface area (Å²) < 4.78 is 42.5. The summed E-state index contributed by atoms with van der Waals surface area (Å²) in [5, 5.41) is 0. The Hall–Kier alpha value is -2.37. The predicted molar refractivity (Wildman–Crippen MR) is 68.3 cm³/mol.